The zero-order valence-electron chi connectivity index (χ0n) is 13.3. The lowest BCUT2D eigenvalue weighted by Crippen LogP contribution is -2.13. The summed E-state index contributed by atoms with van der Waals surface area (Å²) in [5.41, 5.74) is 3.09. The van der Waals surface area contributed by atoms with Crippen molar-refractivity contribution in [2.45, 2.75) is 11.8 Å². The Morgan fingerprint density at radius 3 is 2.58 bits per heavy atom. The Bertz CT molecular complexity index is 874. The fourth-order valence-electron chi connectivity index (χ4n) is 2.41. The van der Waals surface area contributed by atoms with Crippen molar-refractivity contribution in [3.8, 4) is 5.69 Å². The Labute approximate surface area is 153 Å². The van der Waals surface area contributed by atoms with Crippen LogP contribution < -0.4 is 5.32 Å². The maximum absolute atomic E-state index is 12.6. The summed E-state index contributed by atoms with van der Waals surface area (Å²) < 4.78 is 2.77. The van der Waals surface area contributed by atoms with Gasteiger partial charge in [-0.1, -0.05) is 28.1 Å². The van der Waals surface area contributed by atoms with Crippen LogP contribution in [0.2, 0.25) is 0 Å². The van der Waals surface area contributed by atoms with E-state index in [-0.39, 0.29) is 5.91 Å². The van der Waals surface area contributed by atoms with Gasteiger partial charge in [0, 0.05) is 9.37 Å². The molecule has 6 heteroatoms. The average molecular weight is 402 g/mol. The van der Waals surface area contributed by atoms with Crippen molar-refractivity contribution >= 4 is 39.3 Å². The van der Waals surface area contributed by atoms with Crippen molar-refractivity contribution in [3.05, 3.63) is 70.5 Å². The first kappa shape index (κ1) is 16.8. The lowest BCUT2D eigenvalue weighted by Gasteiger charge is -2.09. The van der Waals surface area contributed by atoms with Crippen molar-refractivity contribution in [3.63, 3.8) is 0 Å². The molecule has 4 nitrogen and oxygen atoms in total. The van der Waals surface area contributed by atoms with E-state index in [0.717, 1.165) is 26.4 Å². The van der Waals surface area contributed by atoms with Gasteiger partial charge in [0.1, 0.15) is 0 Å². The molecule has 0 radical (unpaired) electrons. The molecule has 2 aromatic carbocycles. The maximum atomic E-state index is 12.6. The van der Waals surface area contributed by atoms with E-state index in [0.29, 0.717) is 5.56 Å². The summed E-state index contributed by atoms with van der Waals surface area (Å²) in [6, 6.07) is 15.6. The summed E-state index contributed by atoms with van der Waals surface area (Å²) >= 11 is 5.02. The van der Waals surface area contributed by atoms with Crippen LogP contribution >= 0.6 is 27.7 Å². The Hall–Kier alpha value is -2.05. The van der Waals surface area contributed by atoms with Crippen LogP contribution in [0.25, 0.3) is 5.69 Å². The summed E-state index contributed by atoms with van der Waals surface area (Å²) in [5.74, 6) is -0.155. The van der Waals surface area contributed by atoms with E-state index in [4.69, 9.17) is 0 Å². The molecule has 122 valence electrons. The first-order chi connectivity index (χ1) is 11.6. The van der Waals surface area contributed by atoms with Crippen LogP contribution in [0.5, 0.6) is 0 Å². The molecular weight excluding hydrogens is 386 g/mol. The number of anilines is 1. The maximum Gasteiger partial charge on any atom is 0.259 e. The number of nitrogens with one attached hydrogen (secondary N) is 1. The zero-order chi connectivity index (χ0) is 17.1. The molecule has 0 unspecified atom stereocenters. The van der Waals surface area contributed by atoms with Crippen molar-refractivity contribution in [2.75, 3.05) is 11.6 Å². The van der Waals surface area contributed by atoms with Crippen LogP contribution in [0.4, 0.5) is 5.69 Å². The lowest BCUT2D eigenvalue weighted by atomic mass is 10.2. The molecule has 0 spiro atoms. The fraction of sp³-hybridized carbons (Fsp3) is 0.111. The second-order valence-corrected chi connectivity index (χ2v) is 6.95. The van der Waals surface area contributed by atoms with Crippen LogP contribution in [-0.2, 0) is 0 Å². The monoisotopic (exact) mass is 401 g/mol. The van der Waals surface area contributed by atoms with Crippen LogP contribution in [0.1, 0.15) is 16.1 Å². The smallest absolute Gasteiger partial charge is 0.259 e. The molecule has 1 N–H and O–H groups in total. The van der Waals surface area contributed by atoms with E-state index in [9.17, 15) is 4.79 Å². The normalized spacial score (nSPS) is 10.6. The number of benzene rings is 2. The molecule has 0 saturated heterocycles. The standard InChI is InChI=1S/C18H16BrN3OS/c1-12-15(11-20-22(12)14-9-7-13(19)8-10-14)18(23)21-16-5-3-4-6-17(16)24-2/h3-11H,1-2H3,(H,21,23). The number of carbonyl (C=O) groups is 1. The fourth-order valence-corrected chi connectivity index (χ4v) is 3.23. The second-order valence-electron chi connectivity index (χ2n) is 5.19. The van der Waals surface area contributed by atoms with Gasteiger partial charge in [-0.25, -0.2) is 4.68 Å². The molecule has 3 aromatic rings. The molecule has 0 aliphatic carbocycles. The van der Waals surface area contributed by atoms with E-state index >= 15 is 0 Å². The molecule has 0 aliphatic rings. The minimum Gasteiger partial charge on any atom is -0.321 e. The van der Waals surface area contributed by atoms with Crippen molar-refractivity contribution in [1.82, 2.24) is 9.78 Å². The number of aromatic nitrogens is 2. The minimum atomic E-state index is -0.155. The highest BCUT2D eigenvalue weighted by atomic mass is 79.9. The topological polar surface area (TPSA) is 46.9 Å². The Morgan fingerprint density at radius 2 is 1.88 bits per heavy atom. The minimum absolute atomic E-state index is 0.155. The molecule has 1 aromatic heterocycles. The van der Waals surface area contributed by atoms with Crippen molar-refractivity contribution in [1.29, 1.82) is 0 Å². The summed E-state index contributed by atoms with van der Waals surface area (Å²) in [7, 11) is 0. The molecular formula is C18H16BrN3OS. The first-order valence-corrected chi connectivity index (χ1v) is 9.37. The number of nitrogens with zero attached hydrogens (tertiary/aromatic N) is 2. The highest BCUT2D eigenvalue weighted by Gasteiger charge is 2.16. The van der Waals surface area contributed by atoms with E-state index < -0.39 is 0 Å². The molecule has 0 atom stereocenters. The SMILES string of the molecule is CSc1ccccc1NC(=O)c1cnn(-c2ccc(Br)cc2)c1C. The van der Waals surface area contributed by atoms with Crippen molar-refractivity contribution in [2.24, 2.45) is 0 Å². The van der Waals surface area contributed by atoms with Crippen LogP contribution in [0.3, 0.4) is 0 Å². The number of halogens is 1. The first-order valence-electron chi connectivity index (χ1n) is 7.35. The van der Waals surface area contributed by atoms with Gasteiger partial charge in [-0.05, 0) is 49.6 Å². The van der Waals surface area contributed by atoms with Gasteiger partial charge in [-0.3, -0.25) is 4.79 Å². The number of hydrogen-bond acceptors (Lipinski definition) is 3. The predicted octanol–water partition coefficient (Wildman–Crippen LogP) is 4.92. The second kappa shape index (κ2) is 7.23. The van der Waals surface area contributed by atoms with Gasteiger partial charge < -0.3 is 5.32 Å². The zero-order valence-corrected chi connectivity index (χ0v) is 15.7. The summed E-state index contributed by atoms with van der Waals surface area (Å²) in [4.78, 5) is 13.7. The molecule has 0 bridgehead atoms. The molecule has 3 rings (SSSR count). The van der Waals surface area contributed by atoms with Gasteiger partial charge in [0.05, 0.1) is 28.8 Å². The third-order valence-electron chi connectivity index (χ3n) is 3.68. The molecule has 1 amide bonds. The molecule has 1 heterocycles. The molecule has 24 heavy (non-hydrogen) atoms. The summed E-state index contributed by atoms with van der Waals surface area (Å²) in [5, 5.41) is 7.33. The van der Waals surface area contributed by atoms with Crippen LogP contribution in [0.15, 0.2) is 64.1 Å². The highest BCUT2D eigenvalue weighted by molar-refractivity contribution is 9.10. The molecule has 0 saturated carbocycles. The van der Waals surface area contributed by atoms with Crippen LogP contribution in [-0.4, -0.2) is 21.9 Å². The molecule has 0 fully saturated rings. The van der Waals surface area contributed by atoms with Gasteiger partial charge in [0.15, 0.2) is 0 Å². The number of thioether (sulfide) groups is 1. The quantitative estimate of drug-likeness (QED) is 0.631. The summed E-state index contributed by atoms with van der Waals surface area (Å²) in [6.07, 6.45) is 3.59. The van der Waals surface area contributed by atoms with Gasteiger partial charge in [0.2, 0.25) is 0 Å². The third kappa shape index (κ3) is 3.39. The van der Waals surface area contributed by atoms with Crippen molar-refractivity contribution < 1.29 is 4.79 Å². The van der Waals surface area contributed by atoms with E-state index in [1.54, 1.807) is 22.6 Å². The number of carbonyl (C=O) groups excluding carboxylic acids is 1. The Balaban J connectivity index is 1.87. The number of para-hydroxylation sites is 1. The number of rotatable bonds is 4. The van der Waals surface area contributed by atoms with Gasteiger partial charge in [-0.2, -0.15) is 5.10 Å². The highest BCUT2D eigenvalue weighted by Crippen LogP contribution is 2.25. The van der Waals surface area contributed by atoms with Gasteiger partial charge in [-0.15, -0.1) is 11.8 Å². The molecule has 0 aliphatic heterocycles. The third-order valence-corrected chi connectivity index (χ3v) is 5.01. The predicted molar refractivity (Wildman–Crippen MR) is 102 cm³/mol. The van der Waals surface area contributed by atoms with Gasteiger partial charge >= 0.3 is 0 Å². The summed E-state index contributed by atoms with van der Waals surface area (Å²) in [6.45, 7) is 1.89. The van der Waals surface area contributed by atoms with Gasteiger partial charge in [0.25, 0.3) is 5.91 Å². The largest absolute Gasteiger partial charge is 0.321 e. The van der Waals surface area contributed by atoms with Crippen LogP contribution in [0, 0.1) is 6.92 Å². The average Bonchev–Trinajstić information content (AvgIpc) is 2.98. The Kier molecular flexibility index (Phi) is 5.06. The van der Waals surface area contributed by atoms with E-state index in [1.807, 2.05) is 61.7 Å². The number of hydrogen-bond donors (Lipinski definition) is 1. The van der Waals surface area contributed by atoms with E-state index in [2.05, 4.69) is 26.3 Å². The lowest BCUT2D eigenvalue weighted by molar-refractivity contribution is 0.102. The number of amides is 1. The Morgan fingerprint density at radius 1 is 1.17 bits per heavy atom. The van der Waals surface area contributed by atoms with E-state index in [1.165, 1.54) is 0 Å².